The Morgan fingerprint density at radius 3 is 2.88 bits per heavy atom. The largest absolute Gasteiger partial charge is 0.293 e. The Morgan fingerprint density at radius 1 is 1.24 bits per heavy atom. The van der Waals surface area contributed by atoms with E-state index < -0.39 is 4.92 Å². The van der Waals surface area contributed by atoms with Gasteiger partial charge in [0.25, 0.3) is 11.2 Å². The fraction of sp³-hybridized carbons (Fsp3) is 0.0625. The van der Waals surface area contributed by atoms with Gasteiger partial charge in [-0.3, -0.25) is 19.5 Å². The van der Waals surface area contributed by atoms with Gasteiger partial charge < -0.3 is 0 Å². The van der Waals surface area contributed by atoms with Crippen LogP contribution < -0.4 is 5.56 Å². The van der Waals surface area contributed by atoms with Crippen LogP contribution in [0.1, 0.15) is 5.69 Å². The molecule has 0 aliphatic heterocycles. The molecule has 9 heteroatoms. The molecule has 1 aromatic carbocycles. The zero-order valence-electron chi connectivity index (χ0n) is 12.7. The number of nitro groups is 1. The number of hydrogen-bond donors (Lipinski definition) is 0. The van der Waals surface area contributed by atoms with E-state index >= 15 is 0 Å². The molecule has 0 saturated carbocycles. The van der Waals surface area contributed by atoms with Gasteiger partial charge in [0.15, 0.2) is 0 Å². The maximum absolute atomic E-state index is 12.6. The molecule has 0 spiro atoms. The lowest BCUT2D eigenvalue weighted by molar-refractivity contribution is -0.384. The van der Waals surface area contributed by atoms with Crippen LogP contribution in [-0.4, -0.2) is 19.5 Å². The van der Waals surface area contributed by atoms with Crippen molar-refractivity contribution >= 4 is 39.3 Å². The van der Waals surface area contributed by atoms with E-state index in [-0.39, 0.29) is 23.2 Å². The maximum atomic E-state index is 12.6. The average Bonchev–Trinajstić information content (AvgIpc) is 3.28. The predicted octanol–water partition coefficient (Wildman–Crippen LogP) is 3.54. The van der Waals surface area contributed by atoms with E-state index in [1.807, 2.05) is 22.9 Å². The van der Waals surface area contributed by atoms with Gasteiger partial charge in [-0.2, -0.15) is 0 Å². The lowest BCUT2D eigenvalue weighted by atomic mass is 10.2. The number of thiophene rings is 1. The van der Waals surface area contributed by atoms with Crippen LogP contribution in [0.5, 0.6) is 0 Å². The van der Waals surface area contributed by atoms with Crippen LogP contribution in [0, 0.1) is 10.1 Å². The molecule has 0 bridgehead atoms. The van der Waals surface area contributed by atoms with Crippen molar-refractivity contribution in [3.63, 3.8) is 0 Å². The van der Waals surface area contributed by atoms with E-state index in [0.717, 1.165) is 15.6 Å². The second kappa shape index (κ2) is 6.19. The normalized spacial score (nSPS) is 11.0. The van der Waals surface area contributed by atoms with Crippen molar-refractivity contribution < 1.29 is 4.92 Å². The number of fused-ring (bicyclic) bond motifs is 1. The third kappa shape index (κ3) is 2.94. The minimum Gasteiger partial charge on any atom is -0.293 e. The first-order valence-electron chi connectivity index (χ1n) is 7.24. The van der Waals surface area contributed by atoms with Gasteiger partial charge in [0, 0.05) is 17.5 Å². The van der Waals surface area contributed by atoms with Crippen molar-refractivity contribution in [2.75, 3.05) is 0 Å². The van der Waals surface area contributed by atoms with Crippen LogP contribution in [0.15, 0.2) is 52.2 Å². The van der Waals surface area contributed by atoms with Gasteiger partial charge in [-0.15, -0.1) is 22.7 Å². The van der Waals surface area contributed by atoms with E-state index in [1.54, 1.807) is 11.3 Å². The van der Waals surface area contributed by atoms with Gasteiger partial charge >= 0.3 is 0 Å². The molecule has 3 heterocycles. The molecule has 0 aliphatic carbocycles. The second-order valence-electron chi connectivity index (χ2n) is 5.26. The lowest BCUT2D eigenvalue weighted by Crippen LogP contribution is -2.21. The molecule has 0 atom stereocenters. The van der Waals surface area contributed by atoms with E-state index in [4.69, 9.17) is 0 Å². The maximum Gasteiger partial charge on any atom is 0.270 e. The highest BCUT2D eigenvalue weighted by molar-refractivity contribution is 7.20. The van der Waals surface area contributed by atoms with Crippen LogP contribution >= 0.6 is 22.7 Å². The quantitative estimate of drug-likeness (QED) is 0.405. The zero-order chi connectivity index (χ0) is 17.4. The Kier molecular flexibility index (Phi) is 3.86. The van der Waals surface area contributed by atoms with Crippen molar-refractivity contribution in [2.24, 2.45) is 0 Å². The fourth-order valence-corrected chi connectivity index (χ4v) is 4.07. The molecule has 0 saturated heterocycles. The summed E-state index contributed by atoms with van der Waals surface area (Å²) in [6, 6.07) is 8.05. The summed E-state index contributed by atoms with van der Waals surface area (Å²) in [5.74, 6) is 0. The Balaban J connectivity index is 1.71. The highest BCUT2D eigenvalue weighted by atomic mass is 32.1. The highest BCUT2D eigenvalue weighted by Gasteiger charge is 2.12. The minimum absolute atomic E-state index is 0.127. The van der Waals surface area contributed by atoms with Crippen LogP contribution in [-0.2, 0) is 6.54 Å². The van der Waals surface area contributed by atoms with Gasteiger partial charge in [-0.25, -0.2) is 9.97 Å². The third-order valence-electron chi connectivity index (χ3n) is 3.63. The summed E-state index contributed by atoms with van der Waals surface area (Å²) in [5.41, 5.74) is 0.739. The second-order valence-corrected chi connectivity index (χ2v) is 7.06. The van der Waals surface area contributed by atoms with Crippen LogP contribution in [0.4, 0.5) is 5.69 Å². The smallest absolute Gasteiger partial charge is 0.270 e. The number of benzene rings is 1. The van der Waals surface area contributed by atoms with Crippen molar-refractivity contribution in [1.29, 1.82) is 0 Å². The average molecular weight is 370 g/mol. The molecule has 7 nitrogen and oxygen atoms in total. The Morgan fingerprint density at radius 2 is 2.12 bits per heavy atom. The van der Waals surface area contributed by atoms with E-state index in [1.165, 1.54) is 40.4 Å². The molecule has 0 unspecified atom stereocenters. The molecule has 124 valence electrons. The van der Waals surface area contributed by atoms with Gasteiger partial charge in [0.05, 0.1) is 39.3 Å². The van der Waals surface area contributed by atoms with Crippen molar-refractivity contribution in [1.82, 2.24) is 14.5 Å². The Hall–Kier alpha value is -2.91. The molecule has 0 fully saturated rings. The van der Waals surface area contributed by atoms with E-state index in [2.05, 4.69) is 9.97 Å². The number of non-ortho nitro benzene ring substituents is 1. The Labute approximate surface area is 149 Å². The lowest BCUT2D eigenvalue weighted by Gasteiger charge is -2.04. The molecule has 25 heavy (non-hydrogen) atoms. The van der Waals surface area contributed by atoms with Crippen molar-refractivity contribution in [2.45, 2.75) is 6.54 Å². The molecule has 3 aromatic heterocycles. The first-order valence-corrected chi connectivity index (χ1v) is 8.99. The van der Waals surface area contributed by atoms with Crippen LogP contribution in [0.2, 0.25) is 0 Å². The molecule has 4 rings (SSSR count). The minimum atomic E-state index is -0.524. The molecule has 0 amide bonds. The molecule has 0 aliphatic rings. The number of aromatic nitrogens is 3. The standard InChI is InChI=1S/C16H10N4O3S2/c21-16-12-6-11(20(22)23)3-4-13(12)17-9-19(16)7-10-8-25-15(18-10)14-2-1-5-24-14/h1-6,8-9H,7H2. The molecule has 0 N–H and O–H groups in total. The molecule has 4 aromatic rings. The monoisotopic (exact) mass is 370 g/mol. The van der Waals surface area contributed by atoms with Crippen LogP contribution in [0.25, 0.3) is 20.8 Å². The van der Waals surface area contributed by atoms with Crippen LogP contribution in [0.3, 0.4) is 0 Å². The SMILES string of the molecule is O=c1c2cc([N+](=O)[O-])ccc2ncn1Cc1csc(-c2cccs2)n1. The number of nitrogens with zero attached hydrogens (tertiary/aromatic N) is 4. The number of hydrogen-bond acceptors (Lipinski definition) is 7. The van der Waals surface area contributed by atoms with Gasteiger partial charge in [-0.1, -0.05) is 6.07 Å². The molecular weight excluding hydrogens is 360 g/mol. The predicted molar refractivity (Wildman–Crippen MR) is 97.2 cm³/mol. The first kappa shape index (κ1) is 15.6. The summed E-state index contributed by atoms with van der Waals surface area (Å²) < 4.78 is 1.42. The first-order chi connectivity index (χ1) is 12.1. The summed E-state index contributed by atoms with van der Waals surface area (Å²) in [6.45, 7) is 0.270. The zero-order valence-corrected chi connectivity index (χ0v) is 14.3. The highest BCUT2D eigenvalue weighted by Crippen LogP contribution is 2.28. The van der Waals surface area contributed by atoms with Crippen molar-refractivity contribution in [3.05, 3.63) is 73.6 Å². The van der Waals surface area contributed by atoms with Crippen molar-refractivity contribution in [3.8, 4) is 9.88 Å². The summed E-state index contributed by atoms with van der Waals surface area (Å²) in [7, 11) is 0. The Bertz CT molecular complexity index is 1130. The summed E-state index contributed by atoms with van der Waals surface area (Å²) in [4.78, 5) is 32.9. The van der Waals surface area contributed by atoms with E-state index in [9.17, 15) is 14.9 Å². The number of thiazole rings is 1. The fourth-order valence-electron chi connectivity index (χ4n) is 2.44. The summed E-state index contributed by atoms with van der Waals surface area (Å²) in [6.07, 6.45) is 1.45. The number of nitro benzene ring substituents is 1. The molecular formula is C16H10N4O3S2. The third-order valence-corrected chi connectivity index (χ3v) is 5.56. The summed E-state index contributed by atoms with van der Waals surface area (Å²) >= 11 is 3.12. The summed E-state index contributed by atoms with van der Waals surface area (Å²) in [5, 5.41) is 15.9. The van der Waals surface area contributed by atoms with E-state index in [0.29, 0.717) is 5.52 Å². The number of rotatable bonds is 4. The van der Waals surface area contributed by atoms with Gasteiger partial charge in [0.2, 0.25) is 0 Å². The topological polar surface area (TPSA) is 90.9 Å². The van der Waals surface area contributed by atoms with Gasteiger partial charge in [-0.05, 0) is 17.5 Å². The van der Waals surface area contributed by atoms with Gasteiger partial charge in [0.1, 0.15) is 5.01 Å². The molecule has 0 radical (unpaired) electrons.